The molecule has 1 heterocycles. The van der Waals surface area contributed by atoms with E-state index in [1.165, 1.54) is 30.1 Å². The summed E-state index contributed by atoms with van der Waals surface area (Å²) in [4.78, 5) is 3.86. The van der Waals surface area contributed by atoms with Crippen LogP contribution in [-0.2, 0) is 0 Å². The summed E-state index contributed by atoms with van der Waals surface area (Å²) < 4.78 is 5.28. The first-order valence-corrected chi connectivity index (χ1v) is 7.48. The second kappa shape index (κ2) is 7.02. The monoisotopic (exact) mass is 266 g/mol. The molecule has 1 aromatic rings. The van der Waals surface area contributed by atoms with Crippen molar-refractivity contribution in [3.63, 3.8) is 0 Å². The lowest BCUT2D eigenvalue weighted by Gasteiger charge is -2.26. The van der Waals surface area contributed by atoms with Crippen molar-refractivity contribution in [2.75, 3.05) is 45.6 Å². The van der Waals surface area contributed by atoms with Gasteiger partial charge in [-0.25, -0.2) is 0 Å². The molecule has 1 aliphatic rings. The third-order valence-electron chi connectivity index (χ3n) is 3.25. The van der Waals surface area contributed by atoms with Crippen LogP contribution < -0.4 is 10.1 Å². The second-order valence-electron chi connectivity index (χ2n) is 4.57. The summed E-state index contributed by atoms with van der Waals surface area (Å²) in [7, 11) is 1.72. The zero-order chi connectivity index (χ0) is 12.8. The van der Waals surface area contributed by atoms with Crippen LogP contribution in [0.15, 0.2) is 23.1 Å². The Bertz CT molecular complexity index is 378. The number of thioether (sulfide) groups is 1. The fourth-order valence-corrected chi connectivity index (χ4v) is 3.18. The van der Waals surface area contributed by atoms with Gasteiger partial charge in [-0.15, -0.1) is 11.8 Å². The number of nitrogens with one attached hydrogen (secondary N) is 1. The van der Waals surface area contributed by atoms with E-state index in [2.05, 4.69) is 35.3 Å². The van der Waals surface area contributed by atoms with E-state index in [1.807, 2.05) is 11.8 Å². The van der Waals surface area contributed by atoms with Crippen molar-refractivity contribution >= 4 is 11.8 Å². The minimum atomic E-state index is 0.974. The molecule has 0 aromatic heterocycles. The Hall–Kier alpha value is -0.710. The highest BCUT2D eigenvalue weighted by molar-refractivity contribution is 7.99. The van der Waals surface area contributed by atoms with Gasteiger partial charge >= 0.3 is 0 Å². The molecule has 0 unspecified atom stereocenters. The predicted octanol–water partition coefficient (Wildman–Crippen LogP) is 2.00. The summed E-state index contributed by atoms with van der Waals surface area (Å²) in [5, 5.41) is 3.38. The number of methoxy groups -OCH3 is 1. The Morgan fingerprint density at radius 1 is 1.33 bits per heavy atom. The number of aryl methyl sites for hydroxylation is 1. The van der Waals surface area contributed by atoms with Crippen LogP contribution >= 0.6 is 11.8 Å². The van der Waals surface area contributed by atoms with E-state index in [1.54, 1.807) is 7.11 Å². The zero-order valence-corrected chi connectivity index (χ0v) is 12.1. The summed E-state index contributed by atoms with van der Waals surface area (Å²) >= 11 is 1.93. The van der Waals surface area contributed by atoms with E-state index < -0.39 is 0 Å². The van der Waals surface area contributed by atoms with Crippen molar-refractivity contribution in [3.8, 4) is 5.75 Å². The van der Waals surface area contributed by atoms with Crippen LogP contribution in [0.5, 0.6) is 5.75 Å². The van der Waals surface area contributed by atoms with Crippen LogP contribution in [0.4, 0.5) is 0 Å². The number of nitrogens with zero attached hydrogens (tertiary/aromatic N) is 1. The first-order valence-electron chi connectivity index (χ1n) is 6.50. The molecule has 0 radical (unpaired) electrons. The number of hydrogen-bond donors (Lipinski definition) is 1. The molecule has 3 nitrogen and oxygen atoms in total. The quantitative estimate of drug-likeness (QED) is 0.824. The number of benzene rings is 1. The highest BCUT2D eigenvalue weighted by Gasteiger charge is 2.08. The van der Waals surface area contributed by atoms with Crippen molar-refractivity contribution in [1.82, 2.24) is 10.2 Å². The predicted molar refractivity (Wildman–Crippen MR) is 77.8 cm³/mol. The molecule has 1 aromatic carbocycles. The Labute approximate surface area is 114 Å². The van der Waals surface area contributed by atoms with E-state index in [9.17, 15) is 0 Å². The van der Waals surface area contributed by atoms with Crippen molar-refractivity contribution in [1.29, 1.82) is 0 Å². The first kappa shape index (κ1) is 13.7. The largest absolute Gasteiger partial charge is 0.496 e. The van der Waals surface area contributed by atoms with Gasteiger partial charge in [-0.05, 0) is 30.7 Å². The Morgan fingerprint density at radius 3 is 2.78 bits per heavy atom. The SMILES string of the molecule is COc1ccc(SCCN2CCNCC2)cc1C. The minimum Gasteiger partial charge on any atom is -0.496 e. The van der Waals surface area contributed by atoms with Crippen LogP contribution in [0.2, 0.25) is 0 Å². The molecule has 1 aliphatic heterocycles. The summed E-state index contributed by atoms with van der Waals surface area (Å²) in [6, 6.07) is 6.41. The Morgan fingerprint density at radius 2 is 2.11 bits per heavy atom. The molecule has 1 fully saturated rings. The van der Waals surface area contributed by atoms with Gasteiger partial charge in [0, 0.05) is 43.4 Å². The number of ether oxygens (including phenoxy) is 1. The average Bonchev–Trinajstić information content (AvgIpc) is 2.40. The lowest BCUT2D eigenvalue weighted by atomic mass is 10.2. The molecule has 0 aliphatic carbocycles. The van der Waals surface area contributed by atoms with Gasteiger partial charge in [0.05, 0.1) is 7.11 Å². The zero-order valence-electron chi connectivity index (χ0n) is 11.2. The van der Waals surface area contributed by atoms with Crippen molar-refractivity contribution in [2.24, 2.45) is 0 Å². The molecule has 0 spiro atoms. The van der Waals surface area contributed by atoms with Gasteiger partial charge in [-0.3, -0.25) is 4.90 Å². The standard InChI is InChI=1S/C14H22N2OS/c1-12-11-13(3-4-14(12)17-2)18-10-9-16-7-5-15-6-8-16/h3-4,11,15H,5-10H2,1-2H3. The third kappa shape index (κ3) is 3.90. The van der Waals surface area contributed by atoms with Gasteiger partial charge in [0.25, 0.3) is 0 Å². The molecular weight excluding hydrogens is 244 g/mol. The maximum atomic E-state index is 5.28. The van der Waals surface area contributed by atoms with Gasteiger partial charge in [-0.2, -0.15) is 0 Å². The molecule has 18 heavy (non-hydrogen) atoms. The van der Waals surface area contributed by atoms with Gasteiger partial charge in [-0.1, -0.05) is 0 Å². The summed E-state index contributed by atoms with van der Waals surface area (Å²) in [5.41, 5.74) is 1.21. The van der Waals surface area contributed by atoms with Crippen molar-refractivity contribution in [3.05, 3.63) is 23.8 Å². The maximum Gasteiger partial charge on any atom is 0.121 e. The Balaban J connectivity index is 1.77. The van der Waals surface area contributed by atoms with E-state index >= 15 is 0 Å². The fraction of sp³-hybridized carbons (Fsp3) is 0.571. The van der Waals surface area contributed by atoms with Gasteiger partial charge in [0.1, 0.15) is 5.75 Å². The molecule has 1 N–H and O–H groups in total. The third-order valence-corrected chi connectivity index (χ3v) is 4.23. The molecule has 2 rings (SSSR count). The molecule has 0 atom stereocenters. The molecule has 0 saturated carbocycles. The molecule has 4 heteroatoms. The van der Waals surface area contributed by atoms with Crippen LogP contribution in [-0.4, -0.2) is 50.5 Å². The van der Waals surface area contributed by atoms with Crippen LogP contribution in [0, 0.1) is 6.92 Å². The normalized spacial score (nSPS) is 16.8. The molecule has 0 bridgehead atoms. The maximum absolute atomic E-state index is 5.28. The van der Waals surface area contributed by atoms with E-state index in [0.717, 1.165) is 24.6 Å². The van der Waals surface area contributed by atoms with Crippen LogP contribution in [0.3, 0.4) is 0 Å². The van der Waals surface area contributed by atoms with Crippen LogP contribution in [0.25, 0.3) is 0 Å². The summed E-state index contributed by atoms with van der Waals surface area (Å²) in [6.07, 6.45) is 0. The van der Waals surface area contributed by atoms with Gasteiger partial charge < -0.3 is 10.1 Å². The van der Waals surface area contributed by atoms with Gasteiger partial charge in [0.2, 0.25) is 0 Å². The van der Waals surface area contributed by atoms with Crippen LogP contribution in [0.1, 0.15) is 5.56 Å². The lowest BCUT2D eigenvalue weighted by molar-refractivity contribution is 0.255. The van der Waals surface area contributed by atoms with E-state index in [-0.39, 0.29) is 0 Å². The average molecular weight is 266 g/mol. The Kier molecular flexibility index (Phi) is 5.35. The number of rotatable bonds is 5. The smallest absolute Gasteiger partial charge is 0.121 e. The summed E-state index contributed by atoms with van der Waals surface area (Å²) in [6.45, 7) is 7.90. The second-order valence-corrected chi connectivity index (χ2v) is 5.74. The molecule has 1 saturated heterocycles. The highest BCUT2D eigenvalue weighted by Crippen LogP contribution is 2.25. The highest BCUT2D eigenvalue weighted by atomic mass is 32.2. The summed E-state index contributed by atoms with van der Waals surface area (Å²) in [5.74, 6) is 2.13. The van der Waals surface area contributed by atoms with E-state index in [0.29, 0.717) is 0 Å². The molecule has 100 valence electrons. The van der Waals surface area contributed by atoms with Crippen molar-refractivity contribution < 1.29 is 4.74 Å². The van der Waals surface area contributed by atoms with Crippen molar-refractivity contribution in [2.45, 2.75) is 11.8 Å². The number of piperazine rings is 1. The topological polar surface area (TPSA) is 24.5 Å². The minimum absolute atomic E-state index is 0.974. The lowest BCUT2D eigenvalue weighted by Crippen LogP contribution is -2.44. The molecular formula is C14H22N2OS. The number of hydrogen-bond acceptors (Lipinski definition) is 4. The van der Waals surface area contributed by atoms with Gasteiger partial charge in [0.15, 0.2) is 0 Å². The first-order chi connectivity index (χ1) is 8.79. The van der Waals surface area contributed by atoms with E-state index in [4.69, 9.17) is 4.74 Å². The fourth-order valence-electron chi connectivity index (χ4n) is 2.17. The molecule has 0 amide bonds.